The molecule has 1 aromatic rings. The van der Waals surface area contributed by atoms with Crippen molar-refractivity contribution < 1.29 is 23.9 Å². The number of nitrogens with one attached hydrogen (secondary N) is 1. The van der Waals surface area contributed by atoms with Crippen LogP contribution in [0.15, 0.2) is 12.1 Å². The maximum Gasteiger partial charge on any atom is 0.339 e. The van der Waals surface area contributed by atoms with Crippen molar-refractivity contribution in [3.63, 3.8) is 0 Å². The van der Waals surface area contributed by atoms with Crippen molar-refractivity contribution in [1.29, 1.82) is 0 Å². The van der Waals surface area contributed by atoms with Gasteiger partial charge in [0.05, 0.1) is 36.7 Å². The molecule has 23 heavy (non-hydrogen) atoms. The summed E-state index contributed by atoms with van der Waals surface area (Å²) in [5, 5.41) is 2.75. The molecule has 1 N–H and O–H groups in total. The highest BCUT2D eigenvalue weighted by Crippen LogP contribution is 2.19. The quantitative estimate of drug-likeness (QED) is 0.768. The molecular formula is C16H22N2O5. The van der Waals surface area contributed by atoms with Crippen LogP contribution >= 0.6 is 0 Å². The van der Waals surface area contributed by atoms with Gasteiger partial charge in [-0.3, -0.25) is 14.6 Å². The predicted molar refractivity (Wildman–Crippen MR) is 82.7 cm³/mol. The number of pyridine rings is 1. The van der Waals surface area contributed by atoms with Gasteiger partial charge in [-0.1, -0.05) is 0 Å². The number of nitrogens with zero attached hydrogens (tertiary/aromatic N) is 1. The highest BCUT2D eigenvalue weighted by Gasteiger charge is 2.19. The lowest BCUT2D eigenvalue weighted by atomic mass is 10.0. The van der Waals surface area contributed by atoms with Crippen LogP contribution in [0.25, 0.3) is 0 Å². The van der Waals surface area contributed by atoms with E-state index in [2.05, 4.69) is 15.0 Å². The Labute approximate surface area is 135 Å². The molecule has 1 atom stereocenters. The molecule has 1 amide bonds. The lowest BCUT2D eigenvalue weighted by molar-refractivity contribution is -0.141. The van der Waals surface area contributed by atoms with Crippen LogP contribution in [0.2, 0.25) is 0 Å². The van der Waals surface area contributed by atoms with E-state index in [9.17, 15) is 14.4 Å². The second-order valence-corrected chi connectivity index (χ2v) is 4.96. The Morgan fingerprint density at radius 2 is 2.00 bits per heavy atom. The normalized spacial score (nSPS) is 11.5. The number of methoxy groups -OCH3 is 1. The Morgan fingerprint density at radius 1 is 1.30 bits per heavy atom. The molecule has 1 aromatic heterocycles. The van der Waals surface area contributed by atoms with Crippen molar-refractivity contribution in [2.24, 2.45) is 0 Å². The molecule has 0 aromatic carbocycles. The van der Waals surface area contributed by atoms with Crippen LogP contribution in [0, 0.1) is 6.92 Å². The molecular weight excluding hydrogens is 300 g/mol. The van der Waals surface area contributed by atoms with Crippen molar-refractivity contribution in [2.75, 3.05) is 13.7 Å². The standard InChI is InChI=1S/C16H22N2O5/c1-5-23-16(21)12-6-7-13(17-10(12)2)14(18-11(3)19)8-9-15(20)22-4/h6-7,14H,5,8-9H2,1-4H3,(H,18,19)/t14-/m0/s1. The predicted octanol–water partition coefficient (Wildman–Crippen LogP) is 1.70. The molecule has 0 fully saturated rings. The van der Waals surface area contributed by atoms with E-state index >= 15 is 0 Å². The number of ether oxygens (including phenoxy) is 2. The molecule has 0 spiro atoms. The Bertz CT molecular complexity index is 586. The molecule has 0 aliphatic heterocycles. The van der Waals surface area contributed by atoms with E-state index in [1.54, 1.807) is 26.0 Å². The fraction of sp³-hybridized carbons (Fsp3) is 0.500. The van der Waals surface area contributed by atoms with Crippen molar-refractivity contribution in [1.82, 2.24) is 10.3 Å². The third kappa shape index (κ3) is 5.69. The smallest absolute Gasteiger partial charge is 0.339 e. The minimum absolute atomic E-state index is 0.155. The Balaban J connectivity index is 2.97. The Morgan fingerprint density at radius 3 is 2.52 bits per heavy atom. The third-order valence-corrected chi connectivity index (χ3v) is 3.20. The topological polar surface area (TPSA) is 94.6 Å². The van der Waals surface area contributed by atoms with E-state index in [1.165, 1.54) is 14.0 Å². The zero-order valence-electron chi connectivity index (χ0n) is 13.8. The third-order valence-electron chi connectivity index (χ3n) is 3.20. The average molecular weight is 322 g/mol. The summed E-state index contributed by atoms with van der Waals surface area (Å²) in [5.41, 5.74) is 1.47. The van der Waals surface area contributed by atoms with E-state index in [0.717, 1.165) is 0 Å². The zero-order valence-corrected chi connectivity index (χ0v) is 13.8. The summed E-state index contributed by atoms with van der Waals surface area (Å²) in [5.74, 6) is -1.02. The van der Waals surface area contributed by atoms with Crippen molar-refractivity contribution in [3.05, 3.63) is 29.1 Å². The summed E-state index contributed by atoms with van der Waals surface area (Å²) < 4.78 is 9.57. The SMILES string of the molecule is CCOC(=O)c1ccc([C@H](CCC(=O)OC)NC(C)=O)nc1C. The first-order valence-electron chi connectivity index (χ1n) is 7.37. The van der Waals surface area contributed by atoms with Gasteiger partial charge in [-0.2, -0.15) is 0 Å². The van der Waals surface area contributed by atoms with E-state index in [0.29, 0.717) is 23.4 Å². The van der Waals surface area contributed by atoms with Gasteiger partial charge < -0.3 is 14.8 Å². The maximum atomic E-state index is 11.8. The summed E-state index contributed by atoms with van der Waals surface area (Å²) in [7, 11) is 1.31. The number of rotatable bonds is 7. The molecule has 7 heteroatoms. The summed E-state index contributed by atoms with van der Waals surface area (Å²) in [4.78, 5) is 38.8. The average Bonchev–Trinajstić information content (AvgIpc) is 2.50. The zero-order chi connectivity index (χ0) is 17.4. The first kappa shape index (κ1) is 18.6. The van der Waals surface area contributed by atoms with Crippen molar-refractivity contribution >= 4 is 17.8 Å². The molecule has 0 aliphatic carbocycles. The van der Waals surface area contributed by atoms with Crippen LogP contribution in [0.3, 0.4) is 0 Å². The highest BCUT2D eigenvalue weighted by atomic mass is 16.5. The lowest BCUT2D eigenvalue weighted by Gasteiger charge is -2.18. The van der Waals surface area contributed by atoms with Gasteiger partial charge in [-0.25, -0.2) is 4.79 Å². The van der Waals surface area contributed by atoms with Crippen LogP contribution in [-0.4, -0.2) is 36.5 Å². The van der Waals surface area contributed by atoms with Crippen molar-refractivity contribution in [3.8, 4) is 0 Å². The van der Waals surface area contributed by atoms with Crippen molar-refractivity contribution in [2.45, 2.75) is 39.7 Å². The number of hydrogen-bond acceptors (Lipinski definition) is 6. The number of carbonyl (C=O) groups is 3. The van der Waals surface area contributed by atoms with Gasteiger partial charge in [-0.15, -0.1) is 0 Å². The second kappa shape index (κ2) is 8.87. The molecule has 1 heterocycles. The lowest BCUT2D eigenvalue weighted by Crippen LogP contribution is -2.28. The number of esters is 2. The van der Waals surface area contributed by atoms with Gasteiger partial charge >= 0.3 is 11.9 Å². The van der Waals surface area contributed by atoms with Crippen LogP contribution in [-0.2, 0) is 19.1 Å². The molecule has 0 aliphatic rings. The number of carbonyl (C=O) groups excluding carboxylic acids is 3. The van der Waals surface area contributed by atoms with E-state index < -0.39 is 12.0 Å². The summed E-state index contributed by atoms with van der Waals surface area (Å²) in [6.45, 7) is 5.11. The number of hydrogen-bond donors (Lipinski definition) is 1. The maximum absolute atomic E-state index is 11.8. The minimum Gasteiger partial charge on any atom is -0.469 e. The van der Waals surface area contributed by atoms with Gasteiger partial charge in [0.25, 0.3) is 0 Å². The van der Waals surface area contributed by atoms with E-state index in [1.807, 2.05) is 0 Å². The molecule has 0 radical (unpaired) electrons. The summed E-state index contributed by atoms with van der Waals surface area (Å²) >= 11 is 0. The monoisotopic (exact) mass is 322 g/mol. The van der Waals surface area contributed by atoms with Gasteiger partial charge in [0.1, 0.15) is 0 Å². The van der Waals surface area contributed by atoms with Gasteiger partial charge in [-0.05, 0) is 32.4 Å². The van der Waals surface area contributed by atoms with Crippen LogP contribution in [0.5, 0.6) is 0 Å². The van der Waals surface area contributed by atoms with E-state index in [4.69, 9.17) is 4.74 Å². The first-order valence-corrected chi connectivity index (χ1v) is 7.37. The summed E-state index contributed by atoms with van der Waals surface area (Å²) in [6, 6.07) is 2.83. The Kier molecular flexibility index (Phi) is 7.18. The second-order valence-electron chi connectivity index (χ2n) is 4.96. The molecule has 1 rings (SSSR count). The highest BCUT2D eigenvalue weighted by molar-refractivity contribution is 5.90. The number of aryl methyl sites for hydroxylation is 1. The molecule has 126 valence electrons. The Hall–Kier alpha value is -2.44. The minimum atomic E-state index is -0.435. The fourth-order valence-electron chi connectivity index (χ4n) is 2.10. The number of aromatic nitrogens is 1. The van der Waals surface area contributed by atoms with E-state index in [-0.39, 0.29) is 24.9 Å². The van der Waals surface area contributed by atoms with Gasteiger partial charge in [0.15, 0.2) is 0 Å². The van der Waals surface area contributed by atoms with Gasteiger partial charge in [0.2, 0.25) is 5.91 Å². The number of amides is 1. The van der Waals surface area contributed by atoms with Crippen LogP contribution in [0.1, 0.15) is 54.5 Å². The molecule has 7 nitrogen and oxygen atoms in total. The fourth-order valence-corrected chi connectivity index (χ4v) is 2.10. The summed E-state index contributed by atoms with van der Waals surface area (Å²) in [6.07, 6.45) is 0.513. The molecule has 0 bridgehead atoms. The van der Waals surface area contributed by atoms with Gasteiger partial charge in [0, 0.05) is 13.3 Å². The molecule has 0 unspecified atom stereocenters. The van der Waals surface area contributed by atoms with Crippen LogP contribution in [0.4, 0.5) is 0 Å². The first-order chi connectivity index (χ1) is 10.9. The largest absolute Gasteiger partial charge is 0.469 e. The molecule has 0 saturated carbocycles. The molecule has 0 saturated heterocycles. The van der Waals surface area contributed by atoms with Crippen LogP contribution < -0.4 is 5.32 Å².